The Bertz CT molecular complexity index is 409. The molecule has 0 amide bonds. The number of rotatable bonds is 2. The van der Waals surface area contributed by atoms with Crippen LogP contribution in [0.15, 0.2) is 5.38 Å². The zero-order chi connectivity index (χ0) is 12.6. The van der Waals surface area contributed by atoms with E-state index >= 15 is 0 Å². The van der Waals surface area contributed by atoms with Crippen molar-refractivity contribution in [2.45, 2.75) is 57.7 Å². The zero-order valence-electron chi connectivity index (χ0n) is 11.4. The molecule has 4 heteroatoms. The molecule has 1 saturated heterocycles. The van der Waals surface area contributed by atoms with Gasteiger partial charge in [-0.3, -0.25) is 4.90 Å². The van der Waals surface area contributed by atoms with Crippen LogP contribution in [0.3, 0.4) is 0 Å². The minimum atomic E-state index is 0.415. The van der Waals surface area contributed by atoms with Gasteiger partial charge in [-0.05, 0) is 26.7 Å². The van der Waals surface area contributed by atoms with Crippen molar-refractivity contribution in [2.75, 3.05) is 13.1 Å². The molecule has 1 aromatic rings. The molecule has 0 aromatic carbocycles. The van der Waals surface area contributed by atoms with Crippen molar-refractivity contribution in [1.82, 2.24) is 15.2 Å². The van der Waals surface area contributed by atoms with Crippen molar-refractivity contribution in [3.8, 4) is 0 Å². The van der Waals surface area contributed by atoms with Gasteiger partial charge < -0.3 is 5.32 Å². The summed E-state index contributed by atoms with van der Waals surface area (Å²) >= 11 is 1.80. The van der Waals surface area contributed by atoms with Crippen LogP contribution in [-0.4, -0.2) is 34.6 Å². The number of nitrogens with zero attached hydrogens (tertiary/aromatic N) is 2. The van der Waals surface area contributed by atoms with Crippen LogP contribution < -0.4 is 5.32 Å². The van der Waals surface area contributed by atoms with Crippen molar-refractivity contribution < 1.29 is 0 Å². The molecule has 1 atom stereocenters. The topological polar surface area (TPSA) is 28.2 Å². The second-order valence-corrected chi connectivity index (χ2v) is 6.95. The van der Waals surface area contributed by atoms with Gasteiger partial charge in [-0.2, -0.15) is 0 Å². The van der Waals surface area contributed by atoms with E-state index in [1.165, 1.54) is 37.2 Å². The molecule has 0 bridgehead atoms. The molecule has 1 aliphatic carbocycles. The maximum Gasteiger partial charge on any atom is 0.107 e. The Kier molecular flexibility index (Phi) is 3.43. The van der Waals surface area contributed by atoms with E-state index in [4.69, 9.17) is 0 Å². The van der Waals surface area contributed by atoms with Crippen molar-refractivity contribution in [3.63, 3.8) is 0 Å². The maximum absolute atomic E-state index is 4.61. The van der Waals surface area contributed by atoms with Gasteiger partial charge in [-0.15, -0.1) is 11.3 Å². The third kappa shape index (κ3) is 2.46. The number of piperazine rings is 1. The van der Waals surface area contributed by atoms with Crippen LogP contribution in [0, 0.1) is 6.92 Å². The van der Waals surface area contributed by atoms with E-state index in [1.54, 1.807) is 11.3 Å². The molecular formula is C14H23N3S. The Labute approximate surface area is 114 Å². The summed E-state index contributed by atoms with van der Waals surface area (Å²) in [6.45, 7) is 7.77. The second-order valence-electron chi connectivity index (χ2n) is 6.00. The maximum atomic E-state index is 4.61. The van der Waals surface area contributed by atoms with Gasteiger partial charge in [-0.1, -0.05) is 12.8 Å². The summed E-state index contributed by atoms with van der Waals surface area (Å²) in [4.78, 5) is 7.24. The fourth-order valence-corrected chi connectivity index (χ4v) is 4.14. The highest BCUT2D eigenvalue weighted by atomic mass is 32.1. The second kappa shape index (κ2) is 4.91. The van der Waals surface area contributed by atoms with Crippen LogP contribution in [0.1, 0.15) is 43.3 Å². The molecule has 18 heavy (non-hydrogen) atoms. The highest BCUT2D eigenvalue weighted by molar-refractivity contribution is 7.09. The van der Waals surface area contributed by atoms with Gasteiger partial charge in [0.1, 0.15) is 5.01 Å². The van der Waals surface area contributed by atoms with Crippen molar-refractivity contribution in [3.05, 3.63) is 16.1 Å². The lowest BCUT2D eigenvalue weighted by Gasteiger charge is -2.45. The van der Waals surface area contributed by atoms with Crippen LogP contribution >= 0.6 is 11.3 Å². The van der Waals surface area contributed by atoms with Crippen LogP contribution in [0.5, 0.6) is 0 Å². The van der Waals surface area contributed by atoms with Crippen LogP contribution in [-0.2, 0) is 6.54 Å². The molecule has 3 rings (SSSR count). The van der Waals surface area contributed by atoms with Gasteiger partial charge in [0, 0.05) is 35.7 Å². The lowest BCUT2D eigenvalue weighted by Crippen LogP contribution is -2.62. The van der Waals surface area contributed by atoms with Crippen LogP contribution in [0.2, 0.25) is 0 Å². The number of thiazole rings is 1. The van der Waals surface area contributed by atoms with Gasteiger partial charge in [0.05, 0.1) is 6.54 Å². The van der Waals surface area contributed by atoms with Crippen molar-refractivity contribution in [2.24, 2.45) is 0 Å². The highest BCUT2D eigenvalue weighted by Crippen LogP contribution is 2.33. The molecule has 1 spiro atoms. The molecule has 1 saturated carbocycles. The van der Waals surface area contributed by atoms with Gasteiger partial charge in [-0.25, -0.2) is 4.98 Å². The number of hydrogen-bond donors (Lipinski definition) is 1. The van der Waals surface area contributed by atoms with Crippen molar-refractivity contribution >= 4 is 11.3 Å². The van der Waals surface area contributed by atoms with E-state index in [0.717, 1.165) is 18.8 Å². The number of aromatic nitrogens is 1. The fraction of sp³-hybridized carbons (Fsp3) is 0.786. The number of hydrogen-bond acceptors (Lipinski definition) is 4. The quantitative estimate of drug-likeness (QED) is 0.891. The molecule has 2 heterocycles. The van der Waals surface area contributed by atoms with E-state index in [0.29, 0.717) is 11.6 Å². The molecule has 1 aliphatic heterocycles. The summed E-state index contributed by atoms with van der Waals surface area (Å²) in [5.74, 6) is 0. The summed E-state index contributed by atoms with van der Waals surface area (Å²) in [5, 5.41) is 7.24. The minimum Gasteiger partial charge on any atom is -0.308 e. The number of aryl methyl sites for hydroxylation is 1. The monoisotopic (exact) mass is 265 g/mol. The molecule has 1 aromatic heterocycles. The molecule has 1 unspecified atom stereocenters. The first-order valence-electron chi connectivity index (χ1n) is 7.07. The molecule has 0 radical (unpaired) electrons. The first kappa shape index (κ1) is 12.6. The average molecular weight is 265 g/mol. The van der Waals surface area contributed by atoms with E-state index in [2.05, 4.69) is 34.4 Å². The molecular weight excluding hydrogens is 242 g/mol. The summed E-state index contributed by atoms with van der Waals surface area (Å²) in [6.07, 6.45) is 5.50. The standard InChI is InChI=1S/C14H23N3S/c1-11-9-18-13(16-11)8-17-10-14(5-3-4-6-14)15-7-12(17)2/h9,12,15H,3-8,10H2,1-2H3. The molecule has 3 nitrogen and oxygen atoms in total. The Hall–Kier alpha value is -0.450. The highest BCUT2D eigenvalue weighted by Gasteiger charge is 2.39. The third-order valence-electron chi connectivity index (χ3n) is 4.47. The predicted octanol–water partition coefficient (Wildman–Crippen LogP) is 2.56. The summed E-state index contributed by atoms with van der Waals surface area (Å²) < 4.78 is 0. The summed E-state index contributed by atoms with van der Waals surface area (Å²) in [5.41, 5.74) is 1.58. The van der Waals surface area contributed by atoms with Gasteiger partial charge in [0.2, 0.25) is 0 Å². The molecule has 2 fully saturated rings. The van der Waals surface area contributed by atoms with Gasteiger partial charge in [0.15, 0.2) is 0 Å². The Morgan fingerprint density at radius 3 is 2.94 bits per heavy atom. The SMILES string of the molecule is Cc1csc(CN2CC3(CCCC3)NCC2C)n1. The fourth-order valence-electron chi connectivity index (χ4n) is 3.34. The largest absolute Gasteiger partial charge is 0.308 e. The Balaban J connectivity index is 1.69. The normalized spacial score (nSPS) is 28.0. The van der Waals surface area contributed by atoms with Gasteiger partial charge in [0.25, 0.3) is 0 Å². The number of nitrogens with one attached hydrogen (secondary N) is 1. The smallest absolute Gasteiger partial charge is 0.107 e. The average Bonchev–Trinajstić information content (AvgIpc) is 2.95. The van der Waals surface area contributed by atoms with Crippen molar-refractivity contribution in [1.29, 1.82) is 0 Å². The van der Waals surface area contributed by atoms with E-state index < -0.39 is 0 Å². The van der Waals surface area contributed by atoms with Crippen LogP contribution in [0.25, 0.3) is 0 Å². The van der Waals surface area contributed by atoms with E-state index in [-0.39, 0.29) is 0 Å². The molecule has 100 valence electrons. The summed E-state index contributed by atoms with van der Waals surface area (Å²) in [7, 11) is 0. The Morgan fingerprint density at radius 1 is 1.50 bits per heavy atom. The minimum absolute atomic E-state index is 0.415. The lowest BCUT2D eigenvalue weighted by atomic mass is 9.92. The zero-order valence-corrected chi connectivity index (χ0v) is 12.2. The first-order valence-corrected chi connectivity index (χ1v) is 7.95. The predicted molar refractivity (Wildman–Crippen MR) is 75.9 cm³/mol. The Morgan fingerprint density at radius 2 is 2.28 bits per heavy atom. The van der Waals surface area contributed by atoms with Gasteiger partial charge >= 0.3 is 0 Å². The van der Waals surface area contributed by atoms with Crippen LogP contribution in [0.4, 0.5) is 0 Å². The third-order valence-corrected chi connectivity index (χ3v) is 5.42. The first-order chi connectivity index (χ1) is 8.67. The van der Waals surface area contributed by atoms with E-state index in [9.17, 15) is 0 Å². The summed E-state index contributed by atoms with van der Waals surface area (Å²) in [6, 6.07) is 0.625. The molecule has 1 N–H and O–H groups in total. The van der Waals surface area contributed by atoms with E-state index in [1.807, 2.05) is 0 Å². The molecule has 2 aliphatic rings. The lowest BCUT2D eigenvalue weighted by molar-refractivity contribution is 0.0826.